The Morgan fingerprint density at radius 2 is 1.86 bits per heavy atom. The minimum atomic E-state index is 0.0278. The number of nitrogens with one attached hydrogen (secondary N) is 2. The summed E-state index contributed by atoms with van der Waals surface area (Å²) in [5, 5.41) is 8.83. The number of carbonyl (C=O) groups excluding carboxylic acids is 1. The summed E-state index contributed by atoms with van der Waals surface area (Å²) in [7, 11) is 0. The maximum absolute atomic E-state index is 12.6. The SMILES string of the molecule is CC1CCC(NC(=O)c2cccc3ccccc23)C(C)N1. The van der Waals surface area contributed by atoms with Crippen LogP contribution in [-0.2, 0) is 0 Å². The second-order valence-corrected chi connectivity index (χ2v) is 6.04. The van der Waals surface area contributed by atoms with Crippen LogP contribution in [0.15, 0.2) is 42.5 Å². The molecular weight excluding hydrogens is 260 g/mol. The molecule has 1 aliphatic rings. The zero-order chi connectivity index (χ0) is 14.8. The lowest BCUT2D eigenvalue weighted by Crippen LogP contribution is -2.54. The predicted molar refractivity (Wildman–Crippen MR) is 86.5 cm³/mol. The third-order valence-corrected chi connectivity index (χ3v) is 4.41. The first kappa shape index (κ1) is 14.1. The highest BCUT2D eigenvalue weighted by atomic mass is 16.1. The number of rotatable bonds is 2. The monoisotopic (exact) mass is 282 g/mol. The van der Waals surface area contributed by atoms with Crippen molar-refractivity contribution in [3.63, 3.8) is 0 Å². The van der Waals surface area contributed by atoms with Gasteiger partial charge in [-0.2, -0.15) is 0 Å². The van der Waals surface area contributed by atoms with Crippen LogP contribution in [0.3, 0.4) is 0 Å². The number of hydrogen-bond donors (Lipinski definition) is 2. The molecule has 2 aromatic carbocycles. The van der Waals surface area contributed by atoms with Crippen molar-refractivity contribution in [3.8, 4) is 0 Å². The van der Waals surface area contributed by atoms with Crippen LogP contribution in [-0.4, -0.2) is 24.0 Å². The molecule has 3 heteroatoms. The van der Waals surface area contributed by atoms with Gasteiger partial charge in [0.25, 0.3) is 5.91 Å². The summed E-state index contributed by atoms with van der Waals surface area (Å²) < 4.78 is 0. The first-order chi connectivity index (χ1) is 10.1. The molecule has 1 heterocycles. The highest BCUT2D eigenvalue weighted by Gasteiger charge is 2.26. The molecule has 3 unspecified atom stereocenters. The van der Waals surface area contributed by atoms with Gasteiger partial charge in [-0.3, -0.25) is 4.79 Å². The van der Waals surface area contributed by atoms with E-state index < -0.39 is 0 Å². The highest BCUT2D eigenvalue weighted by molar-refractivity contribution is 6.07. The summed E-state index contributed by atoms with van der Waals surface area (Å²) in [6.07, 6.45) is 2.14. The van der Waals surface area contributed by atoms with Crippen molar-refractivity contribution in [1.82, 2.24) is 10.6 Å². The van der Waals surface area contributed by atoms with E-state index in [9.17, 15) is 4.79 Å². The fourth-order valence-electron chi connectivity index (χ4n) is 3.19. The maximum atomic E-state index is 12.6. The zero-order valence-electron chi connectivity index (χ0n) is 12.6. The van der Waals surface area contributed by atoms with Crippen LogP contribution in [0.5, 0.6) is 0 Å². The van der Waals surface area contributed by atoms with Gasteiger partial charge in [-0.25, -0.2) is 0 Å². The molecule has 21 heavy (non-hydrogen) atoms. The molecule has 0 spiro atoms. The molecule has 0 saturated carbocycles. The second kappa shape index (κ2) is 5.86. The summed E-state index contributed by atoms with van der Waals surface area (Å²) in [5.74, 6) is 0.0278. The normalized spacial score (nSPS) is 25.7. The number of amides is 1. The van der Waals surface area contributed by atoms with E-state index in [2.05, 4.69) is 24.5 Å². The largest absolute Gasteiger partial charge is 0.348 e. The minimum absolute atomic E-state index is 0.0278. The van der Waals surface area contributed by atoms with Gasteiger partial charge < -0.3 is 10.6 Å². The van der Waals surface area contributed by atoms with Crippen LogP contribution in [0.2, 0.25) is 0 Å². The van der Waals surface area contributed by atoms with Crippen molar-refractivity contribution in [2.45, 2.75) is 44.8 Å². The van der Waals surface area contributed by atoms with Gasteiger partial charge in [-0.05, 0) is 43.5 Å². The summed E-state index contributed by atoms with van der Waals surface area (Å²) in [6, 6.07) is 15.0. The lowest BCUT2D eigenvalue weighted by Gasteiger charge is -2.34. The molecule has 2 aromatic rings. The quantitative estimate of drug-likeness (QED) is 0.888. The summed E-state index contributed by atoms with van der Waals surface area (Å²) in [5.41, 5.74) is 0.763. The van der Waals surface area contributed by atoms with Crippen LogP contribution in [0.1, 0.15) is 37.0 Å². The van der Waals surface area contributed by atoms with Gasteiger partial charge in [0.15, 0.2) is 0 Å². The molecule has 3 atom stereocenters. The third kappa shape index (κ3) is 2.93. The first-order valence-corrected chi connectivity index (χ1v) is 7.70. The molecule has 1 saturated heterocycles. The van der Waals surface area contributed by atoms with E-state index in [1.54, 1.807) is 0 Å². The molecule has 3 nitrogen and oxygen atoms in total. The van der Waals surface area contributed by atoms with E-state index in [0.29, 0.717) is 12.1 Å². The van der Waals surface area contributed by atoms with Crippen LogP contribution in [0.25, 0.3) is 10.8 Å². The van der Waals surface area contributed by atoms with E-state index in [0.717, 1.165) is 29.2 Å². The predicted octanol–water partition coefficient (Wildman–Crippen LogP) is 3.10. The number of fused-ring (bicyclic) bond motifs is 1. The van der Waals surface area contributed by atoms with Gasteiger partial charge in [-0.1, -0.05) is 36.4 Å². The van der Waals surface area contributed by atoms with E-state index in [4.69, 9.17) is 0 Å². The lowest BCUT2D eigenvalue weighted by molar-refractivity contribution is 0.0916. The fourth-order valence-corrected chi connectivity index (χ4v) is 3.19. The van der Waals surface area contributed by atoms with Crippen molar-refractivity contribution < 1.29 is 4.79 Å². The molecule has 0 radical (unpaired) electrons. The Balaban J connectivity index is 1.81. The molecular formula is C18H22N2O. The number of hydrogen-bond acceptors (Lipinski definition) is 2. The van der Waals surface area contributed by atoms with Gasteiger partial charge in [-0.15, -0.1) is 0 Å². The Bertz CT molecular complexity index is 647. The average Bonchev–Trinajstić information content (AvgIpc) is 2.49. The topological polar surface area (TPSA) is 41.1 Å². The third-order valence-electron chi connectivity index (χ3n) is 4.41. The lowest BCUT2D eigenvalue weighted by atomic mass is 9.94. The summed E-state index contributed by atoms with van der Waals surface area (Å²) in [4.78, 5) is 12.6. The van der Waals surface area contributed by atoms with Crippen LogP contribution in [0, 0.1) is 0 Å². The first-order valence-electron chi connectivity index (χ1n) is 7.70. The molecule has 1 aliphatic heterocycles. The molecule has 0 aromatic heterocycles. The van der Waals surface area contributed by atoms with Crippen molar-refractivity contribution in [2.24, 2.45) is 0 Å². The number of carbonyl (C=O) groups is 1. The maximum Gasteiger partial charge on any atom is 0.252 e. The van der Waals surface area contributed by atoms with Crippen molar-refractivity contribution >= 4 is 16.7 Å². The summed E-state index contributed by atoms with van der Waals surface area (Å²) in [6.45, 7) is 4.34. The van der Waals surface area contributed by atoms with Crippen LogP contribution in [0.4, 0.5) is 0 Å². The van der Waals surface area contributed by atoms with Gasteiger partial charge in [0.05, 0.1) is 0 Å². The Morgan fingerprint density at radius 1 is 1.10 bits per heavy atom. The fraction of sp³-hybridized carbons (Fsp3) is 0.389. The van der Waals surface area contributed by atoms with Crippen molar-refractivity contribution in [3.05, 3.63) is 48.0 Å². The smallest absolute Gasteiger partial charge is 0.252 e. The van der Waals surface area contributed by atoms with E-state index in [1.165, 1.54) is 0 Å². The summed E-state index contributed by atoms with van der Waals surface area (Å²) >= 11 is 0. The number of benzene rings is 2. The Hall–Kier alpha value is -1.87. The van der Waals surface area contributed by atoms with Crippen LogP contribution >= 0.6 is 0 Å². The molecule has 2 N–H and O–H groups in total. The molecule has 0 bridgehead atoms. The van der Waals surface area contributed by atoms with Crippen molar-refractivity contribution in [2.75, 3.05) is 0 Å². The van der Waals surface area contributed by atoms with E-state index in [-0.39, 0.29) is 11.9 Å². The Labute approximate surface area is 125 Å². The van der Waals surface area contributed by atoms with Crippen LogP contribution < -0.4 is 10.6 Å². The van der Waals surface area contributed by atoms with Gasteiger partial charge in [0.1, 0.15) is 0 Å². The number of piperidine rings is 1. The highest BCUT2D eigenvalue weighted by Crippen LogP contribution is 2.20. The Kier molecular flexibility index (Phi) is 3.93. The van der Waals surface area contributed by atoms with Crippen molar-refractivity contribution in [1.29, 1.82) is 0 Å². The molecule has 0 aliphatic carbocycles. The second-order valence-electron chi connectivity index (χ2n) is 6.04. The molecule has 3 rings (SSSR count). The van der Waals surface area contributed by atoms with Gasteiger partial charge >= 0.3 is 0 Å². The molecule has 110 valence electrons. The van der Waals surface area contributed by atoms with Gasteiger partial charge in [0.2, 0.25) is 0 Å². The minimum Gasteiger partial charge on any atom is -0.348 e. The molecule has 1 amide bonds. The Morgan fingerprint density at radius 3 is 2.67 bits per heavy atom. The van der Waals surface area contributed by atoms with E-state index in [1.807, 2.05) is 42.5 Å². The average molecular weight is 282 g/mol. The standard InChI is InChI=1S/C18H22N2O/c1-12-10-11-17(13(2)19-12)20-18(21)16-9-5-7-14-6-3-4-8-15(14)16/h3-9,12-13,17,19H,10-11H2,1-2H3,(H,20,21). The molecule has 1 fully saturated rings. The van der Waals surface area contributed by atoms with E-state index >= 15 is 0 Å². The zero-order valence-corrected chi connectivity index (χ0v) is 12.6. The van der Waals surface area contributed by atoms with Gasteiger partial charge in [0, 0.05) is 23.7 Å².